The molecule has 5 nitrogen and oxygen atoms in total. The lowest BCUT2D eigenvalue weighted by Gasteiger charge is -2.04. The summed E-state index contributed by atoms with van der Waals surface area (Å²) in [5.74, 6) is 0.174. The van der Waals surface area contributed by atoms with Crippen molar-refractivity contribution < 1.29 is 4.79 Å². The molecule has 66 valence electrons. The van der Waals surface area contributed by atoms with Gasteiger partial charge in [0.1, 0.15) is 5.82 Å². The van der Waals surface area contributed by atoms with Crippen LogP contribution in [0.2, 0.25) is 0 Å². The van der Waals surface area contributed by atoms with E-state index in [-0.39, 0.29) is 18.4 Å². The molecule has 1 aromatic heterocycles. The number of aromatic nitrogens is 2. The van der Waals surface area contributed by atoms with E-state index < -0.39 is 0 Å². The van der Waals surface area contributed by atoms with Gasteiger partial charge < -0.3 is 11.5 Å². The predicted octanol–water partition coefficient (Wildman–Crippen LogP) is -0.157. The molecule has 0 saturated carbocycles. The van der Waals surface area contributed by atoms with E-state index >= 15 is 0 Å². The summed E-state index contributed by atoms with van der Waals surface area (Å²) in [6.07, 6.45) is 1.74. The molecule has 1 heterocycles. The molecule has 1 aromatic rings. The first kappa shape index (κ1) is 8.73. The minimum absolute atomic E-state index is 0.166. The van der Waals surface area contributed by atoms with Crippen molar-refractivity contribution in [1.82, 2.24) is 9.78 Å². The number of anilines is 1. The van der Waals surface area contributed by atoms with E-state index in [1.54, 1.807) is 13.0 Å². The molecule has 0 bridgehead atoms. The highest BCUT2D eigenvalue weighted by molar-refractivity contribution is 5.81. The number of nitrogens with zero attached hydrogens (tertiary/aromatic N) is 2. The van der Waals surface area contributed by atoms with Crippen LogP contribution in [0.3, 0.4) is 0 Å². The summed E-state index contributed by atoms with van der Waals surface area (Å²) in [6.45, 7) is 1.76. The van der Waals surface area contributed by atoms with Gasteiger partial charge in [0.05, 0.1) is 6.20 Å². The first-order valence-corrected chi connectivity index (χ1v) is 3.69. The molecule has 0 aliphatic rings. The van der Waals surface area contributed by atoms with Crippen molar-refractivity contribution in [3.63, 3.8) is 0 Å². The molecule has 1 rings (SSSR count). The quantitative estimate of drug-likeness (QED) is 0.642. The maximum atomic E-state index is 11.3. The van der Waals surface area contributed by atoms with Crippen LogP contribution in [0.25, 0.3) is 0 Å². The average molecular weight is 168 g/mol. The van der Waals surface area contributed by atoms with Crippen LogP contribution in [-0.2, 0) is 0 Å². The van der Waals surface area contributed by atoms with Gasteiger partial charge in [0.25, 0.3) is 0 Å². The van der Waals surface area contributed by atoms with E-state index in [1.807, 2.05) is 0 Å². The Morgan fingerprint density at radius 1 is 1.83 bits per heavy atom. The van der Waals surface area contributed by atoms with Gasteiger partial charge >= 0.3 is 0 Å². The molecule has 0 spiro atoms. The third-order valence-electron chi connectivity index (χ3n) is 1.40. The van der Waals surface area contributed by atoms with Crippen LogP contribution in [0.15, 0.2) is 12.3 Å². The van der Waals surface area contributed by atoms with Crippen molar-refractivity contribution in [2.24, 2.45) is 5.73 Å². The average Bonchev–Trinajstić information content (AvgIpc) is 2.33. The Kier molecular flexibility index (Phi) is 2.44. The number of hydrogen-bond donors (Lipinski definition) is 2. The largest absolute Gasteiger partial charge is 0.383 e. The predicted molar refractivity (Wildman–Crippen MR) is 45.5 cm³/mol. The van der Waals surface area contributed by atoms with Crippen LogP contribution < -0.4 is 11.5 Å². The topological polar surface area (TPSA) is 86.9 Å². The minimum atomic E-state index is -0.174. The van der Waals surface area contributed by atoms with Crippen LogP contribution in [0.1, 0.15) is 18.1 Å². The van der Waals surface area contributed by atoms with E-state index in [2.05, 4.69) is 5.10 Å². The molecule has 4 N–H and O–H groups in total. The van der Waals surface area contributed by atoms with Crippen LogP contribution in [0.5, 0.6) is 0 Å². The standard InChI is InChI=1S/C7H12N4O/c1-5(8)4-7(12)11-6(9)2-3-10-11/h2-3,5H,4,8-9H2,1H3. The summed E-state index contributed by atoms with van der Waals surface area (Å²) in [4.78, 5) is 11.3. The Morgan fingerprint density at radius 2 is 2.50 bits per heavy atom. The maximum absolute atomic E-state index is 11.3. The lowest BCUT2D eigenvalue weighted by molar-refractivity contribution is 0.0883. The Balaban J connectivity index is 2.72. The van der Waals surface area contributed by atoms with E-state index in [0.29, 0.717) is 5.82 Å². The molecule has 1 atom stereocenters. The number of rotatable bonds is 2. The second kappa shape index (κ2) is 3.36. The van der Waals surface area contributed by atoms with Gasteiger partial charge in [-0.3, -0.25) is 4.79 Å². The number of nitrogen functional groups attached to an aromatic ring is 1. The van der Waals surface area contributed by atoms with Crippen LogP contribution in [0.4, 0.5) is 5.82 Å². The highest BCUT2D eigenvalue weighted by atomic mass is 16.2. The molecule has 0 aromatic carbocycles. The molecule has 0 radical (unpaired) electrons. The molecule has 0 amide bonds. The van der Waals surface area contributed by atoms with E-state index in [0.717, 1.165) is 4.68 Å². The molecular weight excluding hydrogens is 156 g/mol. The number of hydrogen-bond acceptors (Lipinski definition) is 4. The molecule has 5 heteroatoms. The fourth-order valence-corrected chi connectivity index (χ4v) is 0.884. The summed E-state index contributed by atoms with van der Waals surface area (Å²) < 4.78 is 1.16. The highest BCUT2D eigenvalue weighted by Gasteiger charge is 2.10. The molecule has 0 aliphatic carbocycles. The monoisotopic (exact) mass is 168 g/mol. The summed E-state index contributed by atoms with van der Waals surface area (Å²) >= 11 is 0. The lowest BCUT2D eigenvalue weighted by atomic mass is 10.2. The van der Waals surface area contributed by atoms with Crippen molar-refractivity contribution >= 4 is 11.7 Å². The smallest absolute Gasteiger partial charge is 0.250 e. The molecule has 0 saturated heterocycles. The minimum Gasteiger partial charge on any atom is -0.383 e. The second-order valence-electron chi connectivity index (χ2n) is 2.74. The zero-order chi connectivity index (χ0) is 9.14. The Bertz CT molecular complexity index is 279. The molecule has 0 aliphatic heterocycles. The fraction of sp³-hybridized carbons (Fsp3) is 0.429. The Labute approximate surface area is 70.3 Å². The Morgan fingerprint density at radius 3 is 2.92 bits per heavy atom. The first-order chi connectivity index (χ1) is 5.61. The van der Waals surface area contributed by atoms with Crippen molar-refractivity contribution in [2.75, 3.05) is 5.73 Å². The molecule has 12 heavy (non-hydrogen) atoms. The van der Waals surface area contributed by atoms with Crippen LogP contribution in [0, 0.1) is 0 Å². The zero-order valence-corrected chi connectivity index (χ0v) is 6.90. The highest BCUT2D eigenvalue weighted by Crippen LogP contribution is 2.01. The number of carbonyl (C=O) groups is 1. The summed E-state index contributed by atoms with van der Waals surface area (Å²) in [7, 11) is 0. The van der Waals surface area contributed by atoms with Gasteiger partial charge in [-0.05, 0) is 6.92 Å². The summed E-state index contributed by atoms with van der Waals surface area (Å²) in [6, 6.07) is 1.40. The van der Waals surface area contributed by atoms with Gasteiger partial charge in [0, 0.05) is 18.5 Å². The Hall–Kier alpha value is -1.36. The van der Waals surface area contributed by atoms with Gasteiger partial charge in [-0.25, -0.2) is 0 Å². The zero-order valence-electron chi connectivity index (χ0n) is 6.90. The fourth-order valence-electron chi connectivity index (χ4n) is 0.884. The van der Waals surface area contributed by atoms with Gasteiger partial charge in [-0.2, -0.15) is 9.78 Å². The summed E-state index contributed by atoms with van der Waals surface area (Å²) in [5, 5.41) is 3.76. The van der Waals surface area contributed by atoms with Crippen molar-refractivity contribution in [3.05, 3.63) is 12.3 Å². The lowest BCUT2D eigenvalue weighted by Crippen LogP contribution is -2.24. The van der Waals surface area contributed by atoms with Crippen molar-refractivity contribution in [3.8, 4) is 0 Å². The first-order valence-electron chi connectivity index (χ1n) is 3.69. The van der Waals surface area contributed by atoms with E-state index in [9.17, 15) is 4.79 Å². The SMILES string of the molecule is CC(N)CC(=O)n1nccc1N. The normalized spacial score (nSPS) is 12.8. The van der Waals surface area contributed by atoms with Gasteiger partial charge in [-0.1, -0.05) is 0 Å². The van der Waals surface area contributed by atoms with Crippen LogP contribution in [-0.4, -0.2) is 21.7 Å². The van der Waals surface area contributed by atoms with Crippen molar-refractivity contribution in [1.29, 1.82) is 0 Å². The van der Waals surface area contributed by atoms with Crippen LogP contribution >= 0.6 is 0 Å². The summed E-state index contributed by atoms with van der Waals surface area (Å²) in [5.41, 5.74) is 10.9. The van der Waals surface area contributed by atoms with E-state index in [1.165, 1.54) is 6.20 Å². The van der Waals surface area contributed by atoms with Gasteiger partial charge in [-0.15, -0.1) is 0 Å². The molecule has 1 unspecified atom stereocenters. The van der Waals surface area contributed by atoms with Gasteiger partial charge in [0.2, 0.25) is 5.91 Å². The molecular formula is C7H12N4O. The number of nitrogens with two attached hydrogens (primary N) is 2. The maximum Gasteiger partial charge on any atom is 0.250 e. The number of carbonyl (C=O) groups excluding carboxylic acids is 1. The third-order valence-corrected chi connectivity index (χ3v) is 1.40. The third kappa shape index (κ3) is 1.82. The second-order valence-corrected chi connectivity index (χ2v) is 2.74. The molecule has 0 fully saturated rings. The van der Waals surface area contributed by atoms with Gasteiger partial charge in [0.15, 0.2) is 0 Å². The van der Waals surface area contributed by atoms with Crippen molar-refractivity contribution in [2.45, 2.75) is 19.4 Å². The van der Waals surface area contributed by atoms with E-state index in [4.69, 9.17) is 11.5 Å².